The number of pyridine rings is 1. The molecule has 0 amide bonds. The number of halogens is 3. The molecule has 1 aromatic carbocycles. The monoisotopic (exact) mass is 365 g/mol. The van der Waals surface area contributed by atoms with Gasteiger partial charge in [0.1, 0.15) is 0 Å². The Hall–Kier alpha value is -2.01. The van der Waals surface area contributed by atoms with Crippen LogP contribution in [0.2, 0.25) is 10.0 Å². The van der Waals surface area contributed by atoms with Crippen molar-refractivity contribution < 1.29 is 0 Å². The second kappa shape index (κ2) is 5.89. The van der Waals surface area contributed by atoms with E-state index in [-0.39, 0.29) is 18.0 Å². The molecule has 0 bridgehead atoms. The topological polar surface area (TPSA) is 61.5 Å². The van der Waals surface area contributed by atoms with Crippen LogP contribution in [-0.4, -0.2) is 15.2 Å². The number of H-pyrrole nitrogens is 2. The van der Waals surface area contributed by atoms with Crippen LogP contribution in [0.1, 0.15) is 5.69 Å². The number of benzene rings is 1. The molecule has 0 saturated carbocycles. The smallest absolute Gasteiger partial charge is 0.257 e. The zero-order valence-corrected chi connectivity index (χ0v) is 13.9. The van der Waals surface area contributed by atoms with Crippen LogP contribution in [0.25, 0.3) is 27.7 Å². The van der Waals surface area contributed by atoms with Crippen LogP contribution in [0.3, 0.4) is 0 Å². The summed E-state index contributed by atoms with van der Waals surface area (Å²) < 4.78 is 0. The van der Waals surface area contributed by atoms with Crippen molar-refractivity contribution in [1.82, 2.24) is 15.2 Å². The summed E-state index contributed by atoms with van der Waals surface area (Å²) in [5, 5.41) is 8.92. The minimum Gasteiger partial charge on any atom is -0.305 e. The number of allylic oxidation sites excluding steroid dienone is 4. The zero-order chi connectivity index (χ0) is 15.3. The fraction of sp³-hybridized carbons (Fsp3) is 0. The van der Waals surface area contributed by atoms with E-state index in [4.69, 9.17) is 23.2 Å². The summed E-state index contributed by atoms with van der Waals surface area (Å²) in [6.07, 6.45) is 5.91. The van der Waals surface area contributed by atoms with Gasteiger partial charge >= 0.3 is 0 Å². The van der Waals surface area contributed by atoms with Crippen LogP contribution in [0.5, 0.6) is 0 Å². The molecule has 0 saturated heterocycles. The summed E-state index contributed by atoms with van der Waals surface area (Å²) in [6, 6.07) is 6.87. The first-order valence-electron chi connectivity index (χ1n) is 6.58. The Kier molecular flexibility index (Phi) is 4.06. The number of rotatable bonds is 2. The summed E-state index contributed by atoms with van der Waals surface area (Å²) in [4.78, 5) is 15.1. The summed E-state index contributed by atoms with van der Waals surface area (Å²) in [5.74, 6) is 0. The average molecular weight is 367 g/mol. The van der Waals surface area contributed by atoms with Gasteiger partial charge in [-0.05, 0) is 29.8 Å². The molecule has 23 heavy (non-hydrogen) atoms. The van der Waals surface area contributed by atoms with Gasteiger partial charge in [0.2, 0.25) is 0 Å². The molecule has 4 nitrogen and oxygen atoms in total. The zero-order valence-electron chi connectivity index (χ0n) is 11.6. The highest BCUT2D eigenvalue weighted by molar-refractivity contribution is 6.35. The second-order valence-electron chi connectivity index (χ2n) is 5.01. The molecule has 3 aromatic rings. The quantitative estimate of drug-likeness (QED) is 0.696. The van der Waals surface area contributed by atoms with E-state index in [0.717, 1.165) is 16.7 Å². The van der Waals surface area contributed by atoms with Gasteiger partial charge in [-0.2, -0.15) is 5.10 Å². The van der Waals surface area contributed by atoms with Crippen LogP contribution >= 0.6 is 35.6 Å². The van der Waals surface area contributed by atoms with E-state index in [1.54, 1.807) is 18.2 Å². The first-order valence-corrected chi connectivity index (χ1v) is 7.34. The molecule has 4 rings (SSSR count). The van der Waals surface area contributed by atoms with Crippen molar-refractivity contribution in [2.45, 2.75) is 0 Å². The maximum atomic E-state index is 12.3. The normalized spacial score (nSPS) is 12.7. The molecular formula is C16H10Cl3N3O. The van der Waals surface area contributed by atoms with E-state index in [2.05, 4.69) is 15.2 Å². The molecule has 0 radical (unpaired) electrons. The third kappa shape index (κ3) is 2.70. The van der Waals surface area contributed by atoms with Gasteiger partial charge < -0.3 is 4.98 Å². The molecule has 2 N–H and O–H groups in total. The molecule has 0 fully saturated rings. The third-order valence-electron chi connectivity index (χ3n) is 3.58. The lowest BCUT2D eigenvalue weighted by atomic mass is 10.0. The average Bonchev–Trinajstić information content (AvgIpc) is 2.77. The summed E-state index contributed by atoms with van der Waals surface area (Å²) in [6.45, 7) is 0. The Labute approximate surface area is 147 Å². The summed E-state index contributed by atoms with van der Waals surface area (Å²) in [5.41, 5.74) is 3.39. The van der Waals surface area contributed by atoms with Gasteiger partial charge in [-0.25, -0.2) is 0 Å². The van der Waals surface area contributed by atoms with Crippen molar-refractivity contribution in [2.75, 3.05) is 0 Å². The fourth-order valence-electron chi connectivity index (χ4n) is 2.47. The lowest BCUT2D eigenvalue weighted by molar-refractivity contribution is 1.08. The molecule has 116 valence electrons. The molecule has 0 aliphatic heterocycles. The highest BCUT2D eigenvalue weighted by Crippen LogP contribution is 2.30. The molecule has 2 heterocycles. The predicted molar refractivity (Wildman–Crippen MR) is 96.5 cm³/mol. The van der Waals surface area contributed by atoms with Gasteiger partial charge in [0.25, 0.3) is 5.56 Å². The molecular weight excluding hydrogens is 357 g/mol. The molecule has 2 aromatic heterocycles. The van der Waals surface area contributed by atoms with Crippen molar-refractivity contribution in [2.24, 2.45) is 0 Å². The molecule has 0 atom stereocenters. The largest absolute Gasteiger partial charge is 0.305 e. The Balaban J connectivity index is 0.00000156. The summed E-state index contributed by atoms with van der Waals surface area (Å²) >= 11 is 12.1. The highest BCUT2D eigenvalue weighted by atomic mass is 35.5. The molecule has 0 unspecified atom stereocenters. The Morgan fingerprint density at radius 3 is 2.35 bits per heavy atom. The lowest BCUT2D eigenvalue weighted by Crippen LogP contribution is -2.08. The van der Waals surface area contributed by atoms with Crippen LogP contribution in [0.4, 0.5) is 0 Å². The first-order chi connectivity index (χ1) is 10.6. The van der Waals surface area contributed by atoms with E-state index < -0.39 is 0 Å². The van der Waals surface area contributed by atoms with Gasteiger partial charge in [0.15, 0.2) is 5.65 Å². The number of hydrogen-bond donors (Lipinski definition) is 2. The van der Waals surface area contributed by atoms with Crippen molar-refractivity contribution >= 4 is 52.2 Å². The number of hydrogen-bond acceptors (Lipinski definition) is 2. The van der Waals surface area contributed by atoms with E-state index in [9.17, 15) is 4.79 Å². The van der Waals surface area contributed by atoms with Crippen LogP contribution < -0.4 is 5.56 Å². The minimum atomic E-state index is -0.234. The highest BCUT2D eigenvalue weighted by Gasteiger charge is 2.15. The van der Waals surface area contributed by atoms with Crippen molar-refractivity contribution in [3.8, 4) is 11.1 Å². The van der Waals surface area contributed by atoms with Crippen LogP contribution in [0, 0.1) is 0 Å². The SMILES string of the molecule is Cl.O=c1[nH]c2n[nH]c(C3=CC=C3)c2cc1-c1cc(Cl)cc(Cl)c1. The Morgan fingerprint density at radius 1 is 1.04 bits per heavy atom. The molecule has 1 aliphatic rings. The number of fused-ring (bicyclic) bond motifs is 1. The van der Waals surface area contributed by atoms with Crippen LogP contribution in [-0.2, 0) is 0 Å². The first kappa shape index (κ1) is 15.9. The van der Waals surface area contributed by atoms with Crippen molar-refractivity contribution in [1.29, 1.82) is 0 Å². The van der Waals surface area contributed by atoms with Crippen molar-refractivity contribution in [3.05, 3.63) is 68.6 Å². The molecule has 7 heteroatoms. The van der Waals surface area contributed by atoms with Gasteiger partial charge in [-0.3, -0.25) is 9.89 Å². The van der Waals surface area contributed by atoms with Gasteiger partial charge in [0, 0.05) is 26.6 Å². The second-order valence-corrected chi connectivity index (χ2v) is 5.89. The maximum absolute atomic E-state index is 12.3. The Morgan fingerprint density at radius 2 is 1.74 bits per heavy atom. The van der Waals surface area contributed by atoms with Gasteiger partial charge in [-0.1, -0.05) is 41.4 Å². The lowest BCUT2D eigenvalue weighted by Gasteiger charge is -2.06. The van der Waals surface area contributed by atoms with Gasteiger partial charge in [-0.15, -0.1) is 12.4 Å². The van der Waals surface area contributed by atoms with E-state index in [1.807, 2.05) is 24.3 Å². The Bertz CT molecular complexity index is 1010. The summed E-state index contributed by atoms with van der Waals surface area (Å²) in [7, 11) is 0. The van der Waals surface area contributed by atoms with Crippen molar-refractivity contribution in [3.63, 3.8) is 0 Å². The third-order valence-corrected chi connectivity index (χ3v) is 4.02. The number of aromatic nitrogens is 3. The minimum absolute atomic E-state index is 0. The van der Waals surface area contributed by atoms with E-state index in [1.165, 1.54) is 0 Å². The number of nitrogens with one attached hydrogen (secondary N) is 2. The molecule has 1 aliphatic carbocycles. The predicted octanol–water partition coefficient (Wildman–Crippen LogP) is 4.60. The van der Waals surface area contributed by atoms with E-state index >= 15 is 0 Å². The van der Waals surface area contributed by atoms with E-state index in [0.29, 0.717) is 26.8 Å². The maximum Gasteiger partial charge on any atom is 0.257 e. The number of aromatic amines is 2. The standard InChI is InChI=1S/C16H9Cl2N3O.ClH/c17-10-4-9(5-11(18)6-10)12-7-13-14(8-2-1-3-8)20-21-15(13)19-16(12)22;/h1-7H,(H2,19,20,21,22);1H. The fourth-order valence-corrected chi connectivity index (χ4v) is 3.00. The van der Waals surface area contributed by atoms with Crippen LogP contribution in [0.15, 0.2) is 47.3 Å². The van der Waals surface area contributed by atoms with Gasteiger partial charge in [0.05, 0.1) is 5.69 Å². The molecule has 0 spiro atoms. The number of nitrogens with zero attached hydrogens (tertiary/aromatic N) is 1.